The van der Waals surface area contributed by atoms with Gasteiger partial charge in [0.05, 0.1) is 104 Å². The zero-order chi connectivity index (χ0) is 77.7. The van der Waals surface area contributed by atoms with Crippen LogP contribution in [0.4, 0.5) is 9.59 Å². The third kappa shape index (κ3) is 235. The van der Waals surface area contributed by atoms with Crippen LogP contribution in [0.15, 0.2) is 0 Å². The van der Waals surface area contributed by atoms with Crippen molar-refractivity contribution in [3.05, 3.63) is 0 Å². The van der Waals surface area contributed by atoms with Crippen LogP contribution in [0.25, 0.3) is 0 Å². The molecule has 744 valence electrons. The minimum Gasteiger partial charge on any atom is -0.450 e. The first-order chi connectivity index (χ1) is 49.1. The summed E-state index contributed by atoms with van der Waals surface area (Å²) in [6.07, 6.45) is 18.1. The quantitative estimate of drug-likeness (QED) is 0.0118. The molecule has 0 radical (unpaired) electrons. The number of carbonyl (C=O) groups excluding carboxylic acids is 4. The standard InChI is InChI=1S/C11H24N2O5.C10H22N2O5.C10H22O2.2C9H20O3.C9H20O2.C7H17NO.C6H14O.CO2.16CH4/c1-3-5-6-16-11(14)13-9-12-10-18-17-8-7-15-4-2;1-3-5-15-10(13)12-8-11-9-17-16-7-6-14-4-2;1-3-7-10(11)8-5-6-9-12-4-2;1-3-5-9(10)8-12-7-6-11-4-2;1-3-5-6-12-8-9(10)7-11-4-2;1-3-5-6-7-9(10)8-11-4-2;1-3-5-8-6-7-9-4-2;1-3-5-6-7-4-2;2-1-3;;;;;;;;;;;;;;;;/h12H,3-10H2,1-2H3,(H,13,14);11H,3-9H2,1-2H3,(H,12,13);10-11H,3-9H2,1-2H3;2*9-10H,3-8H2,1-2H3;9-10H,3-8H2,1-2H3;8H,3-7H2,1-2H3;3-6H2,1-2H3;;16*1H4. The van der Waals surface area contributed by atoms with Crippen molar-refractivity contribution in [1.82, 2.24) is 26.6 Å². The highest BCUT2D eigenvalue weighted by atomic mass is 17.2. The van der Waals surface area contributed by atoms with E-state index in [4.69, 9.17) is 86.0 Å². The van der Waals surface area contributed by atoms with E-state index >= 15 is 0 Å². The Labute approximate surface area is 732 Å². The molecule has 0 fully saturated rings. The molecule has 0 saturated heterocycles. The Bertz CT molecular complexity index is 1390. The van der Waals surface area contributed by atoms with Gasteiger partial charge >= 0.3 is 18.3 Å². The minimum atomic E-state index is -0.471. The number of aliphatic hydroxyl groups is 4. The molecule has 0 aliphatic heterocycles. The fourth-order valence-electron chi connectivity index (χ4n) is 6.56. The van der Waals surface area contributed by atoms with Gasteiger partial charge in [-0.15, -0.1) is 0 Å². The van der Waals surface area contributed by atoms with Crippen LogP contribution in [0, 0.1) is 0 Å². The molecule has 29 nitrogen and oxygen atoms in total. The van der Waals surface area contributed by atoms with Crippen LogP contribution in [0.1, 0.15) is 352 Å². The van der Waals surface area contributed by atoms with Gasteiger partial charge in [-0.2, -0.15) is 9.59 Å². The van der Waals surface area contributed by atoms with Gasteiger partial charge in [-0.3, -0.25) is 10.6 Å². The summed E-state index contributed by atoms with van der Waals surface area (Å²) in [7, 11) is 0. The van der Waals surface area contributed by atoms with Crippen LogP contribution < -0.4 is 26.6 Å². The number of unbranched alkanes of at least 4 members (excludes halogenated alkanes) is 6. The first kappa shape index (κ1) is 184. The molecule has 0 bridgehead atoms. The van der Waals surface area contributed by atoms with Crippen LogP contribution in [0.5, 0.6) is 0 Å². The van der Waals surface area contributed by atoms with Crippen LogP contribution >= 0.6 is 0 Å². The van der Waals surface area contributed by atoms with Crippen molar-refractivity contribution in [3.63, 3.8) is 0 Å². The predicted octanol–water partition coefficient (Wildman–Crippen LogP) is 20.8. The Kier molecular flexibility index (Phi) is 301. The fraction of sp³-hybridized carbons (Fsp3) is 0.966. The predicted molar refractivity (Wildman–Crippen MR) is 505 cm³/mol. The Morgan fingerprint density at radius 2 is 0.564 bits per heavy atom. The van der Waals surface area contributed by atoms with Crippen molar-refractivity contribution < 1.29 is 116 Å². The Hall–Kier alpha value is -2.92. The van der Waals surface area contributed by atoms with Gasteiger partial charge in [0.1, 0.15) is 32.8 Å². The number of aliphatic hydroxyl groups excluding tert-OH is 4. The second-order valence-electron chi connectivity index (χ2n) is 21.4. The summed E-state index contributed by atoms with van der Waals surface area (Å²) in [5, 5.41) is 51.0. The molecular formula is C88H223N5O24. The lowest BCUT2D eigenvalue weighted by Crippen LogP contribution is -2.35. The first-order valence-corrected chi connectivity index (χ1v) is 38.0. The molecule has 0 aliphatic rings. The third-order valence-corrected chi connectivity index (χ3v) is 11.8. The van der Waals surface area contributed by atoms with Crippen molar-refractivity contribution in [2.24, 2.45) is 0 Å². The summed E-state index contributed by atoms with van der Waals surface area (Å²) in [4.78, 5) is 57.4. The van der Waals surface area contributed by atoms with Gasteiger partial charge < -0.3 is 93.2 Å². The molecule has 4 atom stereocenters. The second-order valence-corrected chi connectivity index (χ2v) is 21.4. The number of hydrogen-bond acceptors (Lipinski definition) is 27. The highest BCUT2D eigenvalue weighted by Crippen LogP contribution is 2.07. The minimum absolute atomic E-state index is 0. The number of ether oxygens (including phenoxy) is 12. The molecule has 0 aliphatic carbocycles. The topological polar surface area (TPSA) is 357 Å². The molecular weight excluding hydrogens is 1510 g/mol. The maximum Gasteiger partial charge on any atom is 0.408 e. The number of rotatable bonds is 64. The van der Waals surface area contributed by atoms with Crippen LogP contribution in [-0.4, -0.2) is 262 Å². The Balaban J connectivity index is -0.0000000355. The third-order valence-electron chi connectivity index (χ3n) is 11.8. The monoisotopic (exact) mass is 1730 g/mol. The van der Waals surface area contributed by atoms with Gasteiger partial charge in [-0.1, -0.05) is 226 Å². The average Bonchev–Trinajstić information content (AvgIpc) is 1.09. The SMILES string of the molecule is C.C.C.C.C.C.C.C.C.C.C.C.C.C.C.C.CCCC(O)CCCCOCC.CCCC(O)COCCOCC.CCCCCC(O)COCC.CCCCOC(=O)NCNCOOCCOCC.CCCCOCC.CCCCOCC(O)COCC.CCCNCCOCC.CCCOC(=O)NCNCOOCCOCC.O=C=O. The lowest BCUT2D eigenvalue weighted by molar-refractivity contribution is -0.303. The highest BCUT2D eigenvalue weighted by Gasteiger charge is 2.06. The van der Waals surface area contributed by atoms with Crippen molar-refractivity contribution in [2.45, 2.75) is 376 Å². The summed E-state index contributed by atoms with van der Waals surface area (Å²) in [6, 6.07) is 0. The van der Waals surface area contributed by atoms with E-state index < -0.39 is 18.3 Å². The van der Waals surface area contributed by atoms with Crippen molar-refractivity contribution in [1.29, 1.82) is 0 Å². The average molecular weight is 1740 g/mol. The van der Waals surface area contributed by atoms with E-state index in [2.05, 4.69) is 61.2 Å². The Morgan fingerprint density at radius 3 is 0.957 bits per heavy atom. The molecule has 9 N–H and O–H groups in total. The van der Waals surface area contributed by atoms with Gasteiger partial charge in [0.15, 0.2) is 0 Å². The molecule has 2 amide bonds. The molecule has 0 heterocycles. The Morgan fingerprint density at radius 1 is 0.265 bits per heavy atom. The molecule has 0 aromatic rings. The van der Waals surface area contributed by atoms with E-state index in [0.717, 1.165) is 156 Å². The summed E-state index contributed by atoms with van der Waals surface area (Å²) in [5.74, 6) is 0. The molecule has 4 unspecified atom stereocenters. The van der Waals surface area contributed by atoms with Crippen molar-refractivity contribution in [2.75, 3.05) is 198 Å². The van der Waals surface area contributed by atoms with Crippen LogP contribution in [0.3, 0.4) is 0 Å². The maximum atomic E-state index is 11.1. The van der Waals surface area contributed by atoms with E-state index in [1.165, 1.54) is 32.1 Å². The number of nitrogens with one attached hydrogen (secondary N) is 5. The second kappa shape index (κ2) is 192. The van der Waals surface area contributed by atoms with E-state index in [0.29, 0.717) is 106 Å². The summed E-state index contributed by atoms with van der Waals surface area (Å²) >= 11 is 0. The fourth-order valence-corrected chi connectivity index (χ4v) is 6.56. The smallest absolute Gasteiger partial charge is 0.408 e. The maximum absolute atomic E-state index is 11.1. The number of amides is 2. The lowest BCUT2D eigenvalue weighted by atomic mass is 10.1. The van der Waals surface area contributed by atoms with Gasteiger partial charge in [0, 0.05) is 79.2 Å². The van der Waals surface area contributed by atoms with Gasteiger partial charge in [-0.25, -0.2) is 29.1 Å². The van der Waals surface area contributed by atoms with Gasteiger partial charge in [0.25, 0.3) is 0 Å². The summed E-state index contributed by atoms with van der Waals surface area (Å²) in [6.45, 7) is 50.1. The highest BCUT2D eigenvalue weighted by molar-refractivity contribution is 5.67. The number of alkyl carbamates (subject to hydrolysis) is 2. The summed E-state index contributed by atoms with van der Waals surface area (Å²) < 4.78 is 60.7. The molecule has 0 rings (SSSR count). The lowest BCUT2D eigenvalue weighted by Gasteiger charge is -2.10. The zero-order valence-corrected chi connectivity index (χ0v) is 66.9. The number of hydrogen-bond donors (Lipinski definition) is 9. The molecule has 29 heteroatoms. The largest absolute Gasteiger partial charge is 0.450 e. The van der Waals surface area contributed by atoms with E-state index in [9.17, 15) is 30.0 Å². The van der Waals surface area contributed by atoms with Gasteiger partial charge in [-0.05, 0) is 133 Å². The normalized spacial score (nSPS) is 9.81. The molecule has 0 saturated carbocycles. The zero-order valence-electron chi connectivity index (χ0n) is 66.9. The molecule has 0 aromatic heterocycles. The van der Waals surface area contributed by atoms with E-state index in [1.54, 1.807) is 0 Å². The summed E-state index contributed by atoms with van der Waals surface area (Å²) in [5.41, 5.74) is 0. The first-order valence-electron chi connectivity index (χ1n) is 38.0. The van der Waals surface area contributed by atoms with Gasteiger partial charge in [0.2, 0.25) is 0 Å². The number of carbonyl (C=O) groups is 2. The molecule has 0 spiro atoms. The van der Waals surface area contributed by atoms with E-state index in [-0.39, 0.29) is 170 Å². The van der Waals surface area contributed by atoms with Crippen LogP contribution in [0.2, 0.25) is 0 Å². The van der Waals surface area contributed by atoms with Crippen molar-refractivity contribution >= 4 is 18.3 Å². The van der Waals surface area contributed by atoms with E-state index in [1.807, 2.05) is 76.2 Å². The van der Waals surface area contributed by atoms with Crippen LogP contribution in [-0.2, 0) is 86.0 Å². The molecule has 0 aromatic carbocycles. The van der Waals surface area contributed by atoms with Crippen molar-refractivity contribution in [3.8, 4) is 0 Å². The molecule has 117 heavy (non-hydrogen) atoms.